The molecule has 4 N–H and O–H groups in total. The predicted molar refractivity (Wildman–Crippen MR) is 65.9 cm³/mol. The van der Waals surface area contributed by atoms with Crippen LogP contribution in [0.5, 0.6) is 0 Å². The minimum absolute atomic E-state index is 0.274. The van der Waals surface area contributed by atoms with Gasteiger partial charge in [0.15, 0.2) is 0 Å². The highest BCUT2D eigenvalue weighted by atomic mass is 16.3. The number of nitrogens with two attached hydrogens (primary N) is 1. The van der Waals surface area contributed by atoms with Crippen LogP contribution in [0.3, 0.4) is 0 Å². The standard InChI is InChI=1S/C11H24N4O/c1-2-6-13-11(14-12)15-7-3-4-10(9-15)5-8-16/h10,16H,2-9,12H2,1H3,(H,13,14). The summed E-state index contributed by atoms with van der Waals surface area (Å²) in [5, 5.41) is 8.95. The van der Waals surface area contributed by atoms with Gasteiger partial charge in [-0.3, -0.25) is 10.4 Å². The second-order valence-electron chi connectivity index (χ2n) is 4.32. The number of aliphatic hydroxyl groups excluding tert-OH is 1. The molecule has 1 fully saturated rings. The first-order chi connectivity index (χ1) is 7.81. The van der Waals surface area contributed by atoms with Crippen molar-refractivity contribution >= 4 is 5.96 Å². The lowest BCUT2D eigenvalue weighted by molar-refractivity contribution is 0.195. The third kappa shape index (κ3) is 3.98. The zero-order chi connectivity index (χ0) is 11.8. The first-order valence-electron chi connectivity index (χ1n) is 6.18. The van der Waals surface area contributed by atoms with Gasteiger partial charge in [-0.15, -0.1) is 0 Å². The smallest absolute Gasteiger partial charge is 0.208 e. The fourth-order valence-corrected chi connectivity index (χ4v) is 2.13. The Morgan fingerprint density at radius 3 is 3.06 bits per heavy atom. The van der Waals surface area contributed by atoms with Gasteiger partial charge in [0.05, 0.1) is 0 Å². The molecule has 0 spiro atoms. The Bertz CT molecular complexity index is 218. The number of piperidine rings is 1. The van der Waals surface area contributed by atoms with Crippen molar-refractivity contribution in [2.24, 2.45) is 16.8 Å². The van der Waals surface area contributed by atoms with Crippen molar-refractivity contribution in [3.05, 3.63) is 0 Å². The molecule has 5 nitrogen and oxygen atoms in total. The maximum Gasteiger partial charge on any atom is 0.208 e. The first kappa shape index (κ1) is 13.3. The molecule has 94 valence electrons. The van der Waals surface area contributed by atoms with Gasteiger partial charge in [-0.1, -0.05) is 6.92 Å². The van der Waals surface area contributed by atoms with Crippen molar-refractivity contribution in [2.45, 2.75) is 32.6 Å². The Hall–Kier alpha value is -0.810. The maximum absolute atomic E-state index is 8.95. The van der Waals surface area contributed by atoms with E-state index in [2.05, 4.69) is 22.2 Å². The van der Waals surface area contributed by atoms with Gasteiger partial charge in [-0.25, -0.2) is 5.84 Å². The number of nitrogens with one attached hydrogen (secondary N) is 1. The number of likely N-dealkylation sites (tertiary alicyclic amines) is 1. The summed E-state index contributed by atoms with van der Waals surface area (Å²) in [7, 11) is 0. The van der Waals surface area contributed by atoms with Crippen LogP contribution in [0.25, 0.3) is 0 Å². The number of aliphatic hydroxyl groups is 1. The molecular weight excluding hydrogens is 204 g/mol. The van der Waals surface area contributed by atoms with Gasteiger partial charge < -0.3 is 10.0 Å². The average Bonchev–Trinajstić information content (AvgIpc) is 2.31. The van der Waals surface area contributed by atoms with Gasteiger partial charge in [0.25, 0.3) is 0 Å². The molecular formula is C11H24N4O. The van der Waals surface area contributed by atoms with Gasteiger partial charge in [-0.05, 0) is 31.6 Å². The molecule has 0 bridgehead atoms. The van der Waals surface area contributed by atoms with Gasteiger partial charge >= 0.3 is 0 Å². The Kier molecular flexibility index (Phi) is 6.18. The van der Waals surface area contributed by atoms with Gasteiger partial charge in [-0.2, -0.15) is 0 Å². The number of rotatable bonds is 4. The summed E-state index contributed by atoms with van der Waals surface area (Å²) in [6, 6.07) is 0. The van der Waals surface area contributed by atoms with E-state index in [-0.39, 0.29) is 6.61 Å². The number of aliphatic imine (C=N–C) groups is 1. The van der Waals surface area contributed by atoms with Crippen LogP contribution in [0, 0.1) is 5.92 Å². The lowest BCUT2D eigenvalue weighted by Crippen LogP contribution is -2.49. The Morgan fingerprint density at radius 1 is 1.62 bits per heavy atom. The van der Waals surface area contributed by atoms with Crippen LogP contribution in [-0.4, -0.2) is 42.2 Å². The third-order valence-corrected chi connectivity index (χ3v) is 2.97. The van der Waals surface area contributed by atoms with Crippen LogP contribution >= 0.6 is 0 Å². The molecule has 5 heteroatoms. The van der Waals surface area contributed by atoms with E-state index in [1.165, 1.54) is 6.42 Å². The summed E-state index contributed by atoms with van der Waals surface area (Å²) in [4.78, 5) is 6.62. The normalized spacial score (nSPS) is 22.3. The lowest BCUT2D eigenvalue weighted by atomic mass is 9.95. The monoisotopic (exact) mass is 228 g/mol. The molecule has 0 radical (unpaired) electrons. The van der Waals surface area contributed by atoms with Crippen LogP contribution in [0.2, 0.25) is 0 Å². The van der Waals surface area contributed by atoms with Crippen molar-refractivity contribution in [2.75, 3.05) is 26.2 Å². The topological polar surface area (TPSA) is 73.9 Å². The number of hydrazine groups is 1. The highest BCUT2D eigenvalue weighted by Crippen LogP contribution is 2.19. The highest BCUT2D eigenvalue weighted by Gasteiger charge is 2.21. The molecule has 1 atom stereocenters. The van der Waals surface area contributed by atoms with Crippen LogP contribution in [0.4, 0.5) is 0 Å². The molecule has 0 saturated carbocycles. The summed E-state index contributed by atoms with van der Waals surface area (Å²) in [6.45, 7) is 5.14. The van der Waals surface area contributed by atoms with Gasteiger partial charge in [0.2, 0.25) is 5.96 Å². The molecule has 0 aromatic heterocycles. The van der Waals surface area contributed by atoms with E-state index < -0.39 is 0 Å². The molecule has 1 rings (SSSR count). The van der Waals surface area contributed by atoms with Gasteiger partial charge in [0.1, 0.15) is 0 Å². The van der Waals surface area contributed by atoms with Crippen LogP contribution in [-0.2, 0) is 0 Å². The SMILES string of the molecule is CCCN=C(NN)N1CCCC(CCO)C1. The van der Waals surface area contributed by atoms with E-state index in [1.807, 2.05) is 0 Å². The van der Waals surface area contributed by atoms with Crippen molar-refractivity contribution < 1.29 is 5.11 Å². The molecule has 1 heterocycles. The van der Waals surface area contributed by atoms with E-state index >= 15 is 0 Å². The second kappa shape index (κ2) is 7.46. The van der Waals surface area contributed by atoms with Crippen molar-refractivity contribution in [3.8, 4) is 0 Å². The molecule has 1 aliphatic rings. The zero-order valence-electron chi connectivity index (χ0n) is 10.2. The zero-order valence-corrected chi connectivity index (χ0v) is 10.2. The van der Waals surface area contributed by atoms with Crippen LogP contribution in [0.1, 0.15) is 32.6 Å². The molecule has 1 unspecified atom stereocenters. The molecule has 1 aliphatic heterocycles. The molecule has 1 saturated heterocycles. The summed E-state index contributed by atoms with van der Waals surface area (Å²) in [6.07, 6.45) is 4.25. The quantitative estimate of drug-likeness (QED) is 0.280. The summed E-state index contributed by atoms with van der Waals surface area (Å²) >= 11 is 0. The fourth-order valence-electron chi connectivity index (χ4n) is 2.13. The number of guanidine groups is 1. The highest BCUT2D eigenvalue weighted by molar-refractivity contribution is 5.79. The van der Waals surface area contributed by atoms with Crippen LogP contribution in [0.15, 0.2) is 4.99 Å². The first-order valence-corrected chi connectivity index (χ1v) is 6.18. The van der Waals surface area contributed by atoms with Crippen LogP contribution < -0.4 is 11.3 Å². The van der Waals surface area contributed by atoms with E-state index in [0.29, 0.717) is 5.92 Å². The molecule has 16 heavy (non-hydrogen) atoms. The molecule has 0 amide bonds. The predicted octanol–water partition coefficient (Wildman–Crippen LogP) is 0.310. The minimum atomic E-state index is 0.274. The van der Waals surface area contributed by atoms with Crippen molar-refractivity contribution in [1.82, 2.24) is 10.3 Å². The van der Waals surface area contributed by atoms with Crippen molar-refractivity contribution in [1.29, 1.82) is 0 Å². The van der Waals surface area contributed by atoms with E-state index in [9.17, 15) is 0 Å². The van der Waals surface area contributed by atoms with Gasteiger partial charge in [0, 0.05) is 26.2 Å². The van der Waals surface area contributed by atoms with E-state index in [0.717, 1.165) is 44.9 Å². The summed E-state index contributed by atoms with van der Waals surface area (Å²) in [5.41, 5.74) is 2.68. The summed E-state index contributed by atoms with van der Waals surface area (Å²) < 4.78 is 0. The average molecular weight is 228 g/mol. The number of hydrogen-bond donors (Lipinski definition) is 3. The Labute approximate surface area is 97.7 Å². The Balaban J connectivity index is 2.49. The minimum Gasteiger partial charge on any atom is -0.396 e. The molecule has 0 aromatic carbocycles. The van der Waals surface area contributed by atoms with E-state index in [1.54, 1.807) is 0 Å². The third-order valence-electron chi connectivity index (χ3n) is 2.97. The Morgan fingerprint density at radius 2 is 2.44 bits per heavy atom. The summed E-state index contributed by atoms with van der Waals surface area (Å²) in [5.74, 6) is 6.86. The fraction of sp³-hybridized carbons (Fsp3) is 0.909. The molecule has 0 aliphatic carbocycles. The second-order valence-corrected chi connectivity index (χ2v) is 4.32. The largest absolute Gasteiger partial charge is 0.396 e. The van der Waals surface area contributed by atoms with Crippen molar-refractivity contribution in [3.63, 3.8) is 0 Å². The number of hydrogen-bond acceptors (Lipinski definition) is 3. The lowest BCUT2D eigenvalue weighted by Gasteiger charge is -2.34. The number of nitrogens with zero attached hydrogens (tertiary/aromatic N) is 2. The maximum atomic E-state index is 8.95. The van der Waals surface area contributed by atoms with E-state index in [4.69, 9.17) is 10.9 Å². The molecule has 0 aromatic rings.